The van der Waals surface area contributed by atoms with Crippen molar-refractivity contribution < 1.29 is 13.9 Å². The molecule has 5 nitrogen and oxygen atoms in total. The molecule has 1 amide bonds. The summed E-state index contributed by atoms with van der Waals surface area (Å²) in [6.07, 6.45) is 4.32. The summed E-state index contributed by atoms with van der Waals surface area (Å²) in [5.74, 6) is 0.661. The van der Waals surface area contributed by atoms with E-state index in [9.17, 15) is 4.79 Å². The molecule has 0 fully saturated rings. The number of carbonyl (C=O) groups excluding carboxylic acids is 1. The highest BCUT2D eigenvalue weighted by atomic mass is 16.5. The van der Waals surface area contributed by atoms with Crippen LogP contribution >= 0.6 is 0 Å². The zero-order valence-corrected chi connectivity index (χ0v) is 14.1. The van der Waals surface area contributed by atoms with Crippen molar-refractivity contribution in [2.45, 2.75) is 20.0 Å². The monoisotopic (exact) mass is 336 g/mol. The summed E-state index contributed by atoms with van der Waals surface area (Å²) in [6.45, 7) is 2.63. The first kappa shape index (κ1) is 16.8. The lowest BCUT2D eigenvalue weighted by atomic mass is 10.2. The molecule has 0 spiro atoms. The van der Waals surface area contributed by atoms with Crippen LogP contribution in [0.15, 0.2) is 59.0 Å². The number of carbonyl (C=O) groups is 1. The fourth-order valence-corrected chi connectivity index (χ4v) is 2.41. The second kappa shape index (κ2) is 8.15. The van der Waals surface area contributed by atoms with E-state index < -0.39 is 6.09 Å². The van der Waals surface area contributed by atoms with Gasteiger partial charge < -0.3 is 14.5 Å². The third kappa shape index (κ3) is 4.94. The zero-order valence-electron chi connectivity index (χ0n) is 14.1. The number of alkyl carbamates (subject to hydrolysis) is 1. The molecule has 128 valence electrons. The Labute approximate surface area is 146 Å². The smallest absolute Gasteiger partial charge is 0.407 e. The van der Waals surface area contributed by atoms with Gasteiger partial charge in [-0.2, -0.15) is 0 Å². The molecule has 0 atom stereocenters. The van der Waals surface area contributed by atoms with Crippen molar-refractivity contribution in [2.24, 2.45) is 0 Å². The number of amides is 1. The topological polar surface area (TPSA) is 64.4 Å². The first-order chi connectivity index (χ1) is 12.2. The summed E-state index contributed by atoms with van der Waals surface area (Å²) in [4.78, 5) is 15.9. The number of fused-ring (bicyclic) bond motifs is 1. The molecule has 0 bridgehead atoms. The van der Waals surface area contributed by atoms with Crippen LogP contribution in [0.5, 0.6) is 0 Å². The maximum absolute atomic E-state index is 11.6. The lowest BCUT2D eigenvalue weighted by Gasteiger charge is -2.05. The van der Waals surface area contributed by atoms with Crippen molar-refractivity contribution in [3.8, 4) is 0 Å². The number of hydrogen-bond donors (Lipinski definition) is 1. The van der Waals surface area contributed by atoms with Crippen molar-refractivity contribution in [2.75, 3.05) is 6.54 Å². The molecular formula is C20H20N2O3. The highest BCUT2D eigenvalue weighted by Crippen LogP contribution is 2.17. The van der Waals surface area contributed by atoms with Crippen LogP contribution in [0.25, 0.3) is 17.2 Å². The fraction of sp³-hybridized carbons (Fsp3) is 0.200. The van der Waals surface area contributed by atoms with Gasteiger partial charge >= 0.3 is 6.09 Å². The Morgan fingerprint density at radius 2 is 2.08 bits per heavy atom. The Morgan fingerprint density at radius 3 is 2.92 bits per heavy atom. The number of nitrogens with one attached hydrogen (secondary N) is 1. The third-order valence-corrected chi connectivity index (χ3v) is 3.62. The van der Waals surface area contributed by atoms with Gasteiger partial charge in [0, 0.05) is 13.5 Å². The van der Waals surface area contributed by atoms with E-state index in [1.165, 1.54) is 0 Å². The number of rotatable bonds is 6. The predicted octanol–water partition coefficient (Wildman–Crippen LogP) is 4.47. The molecule has 1 heterocycles. The number of benzene rings is 2. The minimum absolute atomic E-state index is 0.277. The van der Waals surface area contributed by atoms with Gasteiger partial charge in [-0.3, -0.25) is 0 Å². The Bertz CT molecular complexity index is 869. The van der Waals surface area contributed by atoms with Gasteiger partial charge in [0.15, 0.2) is 11.5 Å². The molecule has 2 aromatic carbocycles. The van der Waals surface area contributed by atoms with Crippen LogP contribution in [0, 0.1) is 6.92 Å². The third-order valence-electron chi connectivity index (χ3n) is 3.62. The second-order valence-corrected chi connectivity index (χ2v) is 5.64. The second-order valence-electron chi connectivity index (χ2n) is 5.64. The van der Waals surface area contributed by atoms with Crippen molar-refractivity contribution in [3.05, 3.63) is 71.6 Å². The Hall–Kier alpha value is -3.08. The number of hydrogen-bond acceptors (Lipinski definition) is 4. The molecule has 0 saturated heterocycles. The Kier molecular flexibility index (Phi) is 5.46. The average molecular weight is 336 g/mol. The number of ether oxygens (including phenoxy) is 1. The molecule has 3 rings (SSSR count). The molecule has 25 heavy (non-hydrogen) atoms. The van der Waals surface area contributed by atoms with E-state index in [0.29, 0.717) is 12.4 Å². The van der Waals surface area contributed by atoms with E-state index in [2.05, 4.69) is 10.3 Å². The molecule has 3 aromatic rings. The van der Waals surface area contributed by atoms with Gasteiger partial charge in [-0.1, -0.05) is 48.6 Å². The normalized spacial score (nSPS) is 11.1. The van der Waals surface area contributed by atoms with Gasteiger partial charge in [0.05, 0.1) is 0 Å². The quantitative estimate of drug-likeness (QED) is 0.675. The molecule has 0 unspecified atom stereocenters. The number of aryl methyl sites for hydroxylation is 1. The molecule has 0 aliphatic heterocycles. The molecule has 5 heteroatoms. The van der Waals surface area contributed by atoms with Gasteiger partial charge in [0.2, 0.25) is 0 Å². The van der Waals surface area contributed by atoms with Crippen molar-refractivity contribution in [3.63, 3.8) is 0 Å². The molecule has 0 saturated carbocycles. The maximum Gasteiger partial charge on any atom is 0.407 e. The summed E-state index contributed by atoms with van der Waals surface area (Å²) < 4.78 is 10.6. The van der Waals surface area contributed by atoms with Crippen LogP contribution in [0.1, 0.15) is 23.4 Å². The van der Waals surface area contributed by atoms with Crippen LogP contribution in [0.3, 0.4) is 0 Å². The lowest BCUT2D eigenvalue weighted by Crippen LogP contribution is -2.24. The fourth-order valence-electron chi connectivity index (χ4n) is 2.41. The molecule has 0 radical (unpaired) electrons. The van der Waals surface area contributed by atoms with Gasteiger partial charge in [-0.25, -0.2) is 9.78 Å². The summed E-state index contributed by atoms with van der Waals surface area (Å²) in [6, 6.07) is 15.5. The van der Waals surface area contributed by atoms with Crippen LogP contribution in [-0.2, 0) is 11.3 Å². The molecule has 0 aliphatic rings. The highest BCUT2D eigenvalue weighted by molar-refractivity contribution is 5.76. The van der Waals surface area contributed by atoms with Gasteiger partial charge in [0.1, 0.15) is 12.1 Å². The molecule has 1 aromatic heterocycles. The first-order valence-corrected chi connectivity index (χ1v) is 8.19. The van der Waals surface area contributed by atoms with Crippen LogP contribution in [0.2, 0.25) is 0 Å². The molecule has 1 N–H and O–H groups in total. The molecular weight excluding hydrogens is 316 g/mol. The van der Waals surface area contributed by atoms with Crippen LogP contribution in [0.4, 0.5) is 4.79 Å². The largest absolute Gasteiger partial charge is 0.445 e. The zero-order chi connectivity index (χ0) is 17.5. The summed E-state index contributed by atoms with van der Waals surface area (Å²) in [5, 5.41) is 2.73. The van der Waals surface area contributed by atoms with Crippen LogP contribution < -0.4 is 5.32 Å². The van der Waals surface area contributed by atoms with E-state index in [1.807, 2.05) is 67.6 Å². The predicted molar refractivity (Wildman–Crippen MR) is 97.0 cm³/mol. The first-order valence-electron chi connectivity index (χ1n) is 8.19. The standard InChI is InChI=1S/C20H20N2O3/c1-15-22-18-13-16(10-11-19(18)25-15)7-5-6-12-21-20(23)24-14-17-8-3-2-4-9-17/h2-5,7-11,13H,6,12,14H2,1H3,(H,21,23). The van der Waals surface area contributed by atoms with E-state index in [4.69, 9.17) is 9.15 Å². The average Bonchev–Trinajstić information content (AvgIpc) is 3.00. The van der Waals surface area contributed by atoms with E-state index in [1.54, 1.807) is 0 Å². The Balaban J connectivity index is 1.39. The summed E-state index contributed by atoms with van der Waals surface area (Å²) in [7, 11) is 0. The Morgan fingerprint density at radius 1 is 1.24 bits per heavy atom. The lowest BCUT2D eigenvalue weighted by molar-refractivity contribution is 0.140. The highest BCUT2D eigenvalue weighted by Gasteiger charge is 2.02. The van der Waals surface area contributed by atoms with Gasteiger partial charge in [0.25, 0.3) is 0 Å². The molecule has 0 aliphatic carbocycles. The van der Waals surface area contributed by atoms with E-state index in [-0.39, 0.29) is 6.61 Å². The summed E-state index contributed by atoms with van der Waals surface area (Å²) >= 11 is 0. The number of oxazole rings is 1. The maximum atomic E-state index is 11.6. The van der Waals surface area contributed by atoms with Crippen molar-refractivity contribution in [1.29, 1.82) is 0 Å². The van der Waals surface area contributed by atoms with E-state index >= 15 is 0 Å². The number of nitrogens with zero attached hydrogens (tertiary/aromatic N) is 1. The van der Waals surface area contributed by atoms with Gasteiger partial charge in [-0.05, 0) is 29.7 Å². The van der Waals surface area contributed by atoms with Crippen molar-refractivity contribution >= 4 is 23.3 Å². The minimum atomic E-state index is -0.406. The van der Waals surface area contributed by atoms with E-state index in [0.717, 1.165) is 28.6 Å². The number of aromatic nitrogens is 1. The SMILES string of the molecule is Cc1nc2cc(C=CCCNC(=O)OCc3ccccc3)ccc2o1. The van der Waals surface area contributed by atoms with Gasteiger partial charge in [-0.15, -0.1) is 0 Å². The summed E-state index contributed by atoms with van der Waals surface area (Å²) in [5.41, 5.74) is 3.66. The van der Waals surface area contributed by atoms with Crippen LogP contribution in [-0.4, -0.2) is 17.6 Å². The minimum Gasteiger partial charge on any atom is -0.445 e. The van der Waals surface area contributed by atoms with Crippen molar-refractivity contribution in [1.82, 2.24) is 10.3 Å².